The molecule has 33 heavy (non-hydrogen) atoms. The van der Waals surface area contributed by atoms with Crippen molar-refractivity contribution in [2.75, 3.05) is 37.0 Å². The highest BCUT2D eigenvalue weighted by Crippen LogP contribution is 2.40. The normalized spacial score (nSPS) is 14.8. The van der Waals surface area contributed by atoms with Gasteiger partial charge in [-0.15, -0.1) is 0 Å². The van der Waals surface area contributed by atoms with Crippen LogP contribution in [0.4, 0.5) is 11.4 Å². The number of amides is 3. The zero-order valence-electron chi connectivity index (χ0n) is 17.4. The number of anilines is 2. The largest absolute Gasteiger partial charge is 0.395 e. The number of carbonyl (C=O) groups excluding carboxylic acids is 3. The van der Waals surface area contributed by atoms with Crippen molar-refractivity contribution >= 4 is 96.9 Å². The van der Waals surface area contributed by atoms with E-state index < -0.39 is 42.8 Å². The van der Waals surface area contributed by atoms with Crippen LogP contribution in [-0.2, 0) is 9.59 Å². The number of aliphatic hydroxyl groups is 6. The van der Waals surface area contributed by atoms with Crippen molar-refractivity contribution in [2.45, 2.75) is 31.3 Å². The van der Waals surface area contributed by atoms with Crippen LogP contribution in [0.5, 0.6) is 0 Å². The molecule has 1 aromatic rings. The quantitative estimate of drug-likeness (QED) is 0.131. The molecular formula is C18H24I3N3O9. The molecule has 12 nitrogen and oxygen atoms in total. The number of rotatable bonds is 10. The van der Waals surface area contributed by atoms with Crippen LogP contribution in [0.15, 0.2) is 0 Å². The minimum absolute atomic E-state index is 0.0352. The number of nitrogens with one attached hydrogen (secondary N) is 2. The summed E-state index contributed by atoms with van der Waals surface area (Å²) in [5.41, 5.74) is 0.468. The number of aliphatic hydroxyl groups excluding tert-OH is 6. The molecule has 0 saturated heterocycles. The maximum absolute atomic E-state index is 12.8. The fourth-order valence-electron chi connectivity index (χ4n) is 2.54. The Morgan fingerprint density at radius 1 is 0.970 bits per heavy atom. The fraction of sp³-hybridized carbons (Fsp3) is 0.500. The lowest BCUT2D eigenvalue weighted by molar-refractivity contribution is -0.144. The monoisotopic (exact) mass is 807 g/mol. The molecule has 186 valence electrons. The van der Waals surface area contributed by atoms with Crippen molar-refractivity contribution in [3.05, 3.63) is 16.3 Å². The Labute approximate surface area is 230 Å². The fourth-order valence-corrected chi connectivity index (χ4v) is 7.19. The van der Waals surface area contributed by atoms with Crippen LogP contribution in [0.1, 0.15) is 17.3 Å². The second-order valence-electron chi connectivity index (χ2n) is 6.76. The number of halogens is 3. The molecule has 1 rings (SSSR count). The molecule has 0 bridgehead atoms. The van der Waals surface area contributed by atoms with E-state index in [0.29, 0.717) is 12.8 Å². The van der Waals surface area contributed by atoms with Gasteiger partial charge in [0.1, 0.15) is 18.3 Å². The Morgan fingerprint density at radius 2 is 1.55 bits per heavy atom. The average Bonchev–Trinajstić information content (AvgIpc) is 2.77. The van der Waals surface area contributed by atoms with Gasteiger partial charge in [-0.2, -0.15) is 0 Å². The van der Waals surface area contributed by atoms with Crippen LogP contribution >= 0.6 is 67.8 Å². The van der Waals surface area contributed by atoms with Gasteiger partial charge in [0.25, 0.3) is 11.8 Å². The molecule has 0 fully saturated rings. The van der Waals surface area contributed by atoms with Crippen LogP contribution < -0.4 is 15.5 Å². The van der Waals surface area contributed by atoms with Gasteiger partial charge >= 0.3 is 0 Å². The molecule has 4 unspecified atom stereocenters. The van der Waals surface area contributed by atoms with E-state index in [9.17, 15) is 34.8 Å². The van der Waals surface area contributed by atoms with Gasteiger partial charge in [-0.05, 0) is 67.8 Å². The van der Waals surface area contributed by atoms with E-state index in [1.807, 2.05) is 45.2 Å². The smallest absolute Gasteiger partial charge is 0.256 e. The summed E-state index contributed by atoms with van der Waals surface area (Å²) in [5.74, 6) is -2.10. The summed E-state index contributed by atoms with van der Waals surface area (Å²) in [6, 6.07) is 0. The van der Waals surface area contributed by atoms with Crippen molar-refractivity contribution in [1.82, 2.24) is 5.32 Å². The van der Waals surface area contributed by atoms with Crippen molar-refractivity contribution in [3.8, 4) is 0 Å². The van der Waals surface area contributed by atoms with Crippen LogP contribution in [0, 0.1) is 10.7 Å². The minimum Gasteiger partial charge on any atom is -0.395 e. The summed E-state index contributed by atoms with van der Waals surface area (Å²) in [6.45, 7) is 0.0556. The molecule has 0 aromatic heterocycles. The Kier molecular flexibility index (Phi) is 12.6. The summed E-state index contributed by atoms with van der Waals surface area (Å²) in [6.07, 6.45) is -8.13. The average molecular weight is 807 g/mol. The Morgan fingerprint density at radius 3 is 2.03 bits per heavy atom. The van der Waals surface area contributed by atoms with E-state index in [1.165, 1.54) is 18.9 Å². The van der Waals surface area contributed by atoms with E-state index >= 15 is 0 Å². The first-order chi connectivity index (χ1) is 15.3. The Balaban J connectivity index is 3.53. The summed E-state index contributed by atoms with van der Waals surface area (Å²) in [5, 5.41) is 62.2. The van der Waals surface area contributed by atoms with Gasteiger partial charge in [-0.25, -0.2) is 0 Å². The third kappa shape index (κ3) is 7.29. The van der Waals surface area contributed by atoms with Crippen LogP contribution in [-0.4, -0.2) is 99.6 Å². The number of hydrogen-bond donors (Lipinski definition) is 8. The van der Waals surface area contributed by atoms with Crippen molar-refractivity contribution in [1.29, 1.82) is 0 Å². The Hall–Kier alpha value is -0.420. The lowest BCUT2D eigenvalue weighted by Crippen LogP contribution is -2.50. The predicted octanol–water partition coefficient (Wildman–Crippen LogP) is -1.42. The molecule has 0 saturated carbocycles. The molecule has 0 aliphatic heterocycles. The minimum atomic E-state index is -2.20. The van der Waals surface area contributed by atoms with Crippen molar-refractivity contribution < 1.29 is 45.0 Å². The lowest BCUT2D eigenvalue weighted by atomic mass is 10.0. The zero-order valence-corrected chi connectivity index (χ0v) is 23.9. The molecule has 0 spiro atoms. The third-order valence-corrected chi connectivity index (χ3v) is 7.68. The van der Waals surface area contributed by atoms with Crippen molar-refractivity contribution in [2.24, 2.45) is 0 Å². The van der Waals surface area contributed by atoms with Gasteiger partial charge in [0.15, 0.2) is 6.10 Å². The highest BCUT2D eigenvalue weighted by Gasteiger charge is 2.35. The molecule has 4 atom stereocenters. The highest BCUT2D eigenvalue weighted by molar-refractivity contribution is 14.1. The second kappa shape index (κ2) is 13.6. The number of hydrogen-bond acceptors (Lipinski definition) is 9. The first-order valence-corrected chi connectivity index (χ1v) is 12.5. The third-order valence-electron chi connectivity index (χ3n) is 4.50. The molecular weight excluding hydrogens is 783 g/mol. The van der Waals surface area contributed by atoms with E-state index in [1.54, 1.807) is 22.6 Å². The number of nitrogens with zero attached hydrogens (tertiary/aromatic N) is 1. The van der Waals surface area contributed by atoms with Gasteiger partial charge in [0, 0.05) is 20.5 Å². The highest BCUT2D eigenvalue weighted by atomic mass is 127. The van der Waals surface area contributed by atoms with Gasteiger partial charge in [0.05, 0.1) is 40.9 Å². The summed E-state index contributed by atoms with van der Waals surface area (Å²) in [4.78, 5) is 38.7. The van der Waals surface area contributed by atoms with Crippen LogP contribution in [0.25, 0.3) is 0 Å². The summed E-state index contributed by atoms with van der Waals surface area (Å²) in [7, 11) is 1.47. The van der Waals surface area contributed by atoms with Crippen molar-refractivity contribution in [3.63, 3.8) is 0 Å². The van der Waals surface area contributed by atoms with E-state index in [-0.39, 0.29) is 33.9 Å². The molecule has 3 amide bonds. The van der Waals surface area contributed by atoms with E-state index in [4.69, 9.17) is 10.2 Å². The standard InChI is InChI=1S/C18H24I3N3O9/c1-6(27)24(2)13-10(20)8(17(32)22-3-4-25)9(19)12(11(13)21)23-18(33)16(31)15(30)14(29)7(28)5-26/h7,14-16,25-26,28-31H,3-5H2,1-2H3,(H,22,32)(H,23,33). The first kappa shape index (κ1) is 30.6. The van der Waals surface area contributed by atoms with Gasteiger partial charge in [0.2, 0.25) is 5.91 Å². The molecule has 1 aromatic carbocycles. The van der Waals surface area contributed by atoms with Gasteiger partial charge in [-0.3, -0.25) is 14.4 Å². The molecule has 15 heteroatoms. The molecule has 0 aliphatic carbocycles. The van der Waals surface area contributed by atoms with E-state index in [0.717, 1.165) is 0 Å². The molecule has 8 N–H and O–H groups in total. The van der Waals surface area contributed by atoms with Crippen LogP contribution in [0.3, 0.4) is 0 Å². The van der Waals surface area contributed by atoms with Crippen LogP contribution in [0.2, 0.25) is 0 Å². The zero-order chi connectivity index (χ0) is 25.6. The second-order valence-corrected chi connectivity index (χ2v) is 10.00. The lowest BCUT2D eigenvalue weighted by Gasteiger charge is -2.27. The SMILES string of the molecule is CC(=O)N(C)c1c(I)c(NC(=O)C(O)C(O)C(O)C(O)CO)c(I)c(C(=O)NCCO)c1I. The molecule has 0 heterocycles. The summed E-state index contributed by atoms with van der Waals surface area (Å²) >= 11 is 5.55. The predicted molar refractivity (Wildman–Crippen MR) is 143 cm³/mol. The maximum atomic E-state index is 12.8. The number of benzene rings is 1. The maximum Gasteiger partial charge on any atom is 0.256 e. The molecule has 0 aliphatic rings. The number of carbonyl (C=O) groups is 3. The van der Waals surface area contributed by atoms with Gasteiger partial charge < -0.3 is 46.2 Å². The first-order valence-electron chi connectivity index (χ1n) is 9.29. The van der Waals surface area contributed by atoms with Gasteiger partial charge in [-0.1, -0.05) is 0 Å². The topological polar surface area (TPSA) is 200 Å². The van der Waals surface area contributed by atoms with E-state index in [2.05, 4.69) is 10.6 Å². The summed E-state index contributed by atoms with van der Waals surface area (Å²) < 4.78 is 1.00. The Bertz CT molecular complexity index is 903. The molecule has 0 radical (unpaired) electrons.